The minimum Gasteiger partial charge on any atom is -0.373 e. The van der Waals surface area contributed by atoms with Gasteiger partial charge >= 0.3 is 0 Å². The van der Waals surface area contributed by atoms with E-state index in [-0.39, 0.29) is 11.3 Å². The average Bonchev–Trinajstić information content (AvgIpc) is 2.95. The maximum Gasteiger partial charge on any atom is 0.269 e. The maximum absolute atomic E-state index is 10.8. The van der Waals surface area contributed by atoms with Crippen molar-refractivity contribution in [3.05, 3.63) is 39.9 Å². The van der Waals surface area contributed by atoms with Crippen LogP contribution < -0.4 is 10.6 Å². The molecule has 22 heavy (non-hydrogen) atoms. The van der Waals surface area contributed by atoms with Crippen LogP contribution in [0.2, 0.25) is 0 Å². The number of nitrogens with zero attached hydrogens (tertiary/aromatic N) is 2. The van der Waals surface area contributed by atoms with Gasteiger partial charge in [-0.15, -0.1) is 0 Å². The van der Waals surface area contributed by atoms with Crippen molar-refractivity contribution >= 4 is 11.6 Å². The van der Waals surface area contributed by atoms with Gasteiger partial charge in [-0.1, -0.05) is 12.1 Å². The second-order valence-electron chi connectivity index (χ2n) is 5.61. The van der Waals surface area contributed by atoms with Crippen molar-refractivity contribution < 1.29 is 9.66 Å². The number of ether oxygens (including phenoxy) is 1. The van der Waals surface area contributed by atoms with Gasteiger partial charge < -0.3 is 15.4 Å². The summed E-state index contributed by atoms with van der Waals surface area (Å²) in [7, 11) is 1.70. The van der Waals surface area contributed by atoms with Crippen LogP contribution >= 0.6 is 0 Å². The lowest BCUT2D eigenvalue weighted by molar-refractivity contribution is -0.384. The minimum absolute atomic E-state index is 0.0918. The maximum atomic E-state index is 10.8. The first-order valence-corrected chi connectivity index (χ1v) is 7.34. The molecule has 120 valence electrons. The number of nitrogens with one attached hydrogen (secondary N) is 2. The monoisotopic (exact) mass is 306 g/mol. The summed E-state index contributed by atoms with van der Waals surface area (Å²) < 4.78 is 5.72. The van der Waals surface area contributed by atoms with Gasteiger partial charge in [0.1, 0.15) is 0 Å². The second kappa shape index (κ2) is 7.22. The normalized spacial score (nSPS) is 21.6. The Balaban J connectivity index is 1.86. The van der Waals surface area contributed by atoms with Crippen LogP contribution in [0.15, 0.2) is 29.3 Å². The molecule has 1 aromatic carbocycles. The molecule has 7 heteroatoms. The summed E-state index contributed by atoms with van der Waals surface area (Å²) in [4.78, 5) is 14.5. The molecule has 1 aromatic rings. The Morgan fingerprint density at radius 2 is 2.32 bits per heavy atom. The van der Waals surface area contributed by atoms with E-state index in [1.54, 1.807) is 19.2 Å². The van der Waals surface area contributed by atoms with Gasteiger partial charge in [-0.3, -0.25) is 15.1 Å². The molecular formula is C15H22N4O3. The molecule has 0 aliphatic carbocycles. The summed E-state index contributed by atoms with van der Waals surface area (Å²) in [5.74, 6) is 0.656. The van der Waals surface area contributed by atoms with Crippen LogP contribution in [-0.2, 0) is 11.3 Å². The van der Waals surface area contributed by atoms with Crippen molar-refractivity contribution in [1.82, 2.24) is 10.6 Å². The number of nitro benzene ring substituents is 1. The van der Waals surface area contributed by atoms with Crippen LogP contribution in [0.1, 0.15) is 25.3 Å². The standard InChI is InChI=1S/C15H22N4O3/c1-15(7-4-8-22-15)11-18-14(16-2)17-10-12-5-3-6-13(9-12)19(20)21/h3,5-6,9H,4,7-8,10-11H2,1-2H3,(H2,16,17,18). The van der Waals surface area contributed by atoms with E-state index < -0.39 is 4.92 Å². The van der Waals surface area contributed by atoms with E-state index in [1.807, 2.05) is 6.07 Å². The van der Waals surface area contributed by atoms with Crippen molar-refractivity contribution in [3.63, 3.8) is 0 Å². The highest BCUT2D eigenvalue weighted by atomic mass is 16.6. The van der Waals surface area contributed by atoms with Crippen LogP contribution in [0.4, 0.5) is 5.69 Å². The largest absolute Gasteiger partial charge is 0.373 e. The molecule has 0 aromatic heterocycles. The SMILES string of the molecule is CN=C(NCc1cccc([N+](=O)[O-])c1)NCC1(C)CCCO1. The lowest BCUT2D eigenvalue weighted by Gasteiger charge is -2.24. The van der Waals surface area contributed by atoms with E-state index >= 15 is 0 Å². The van der Waals surface area contributed by atoms with Crippen molar-refractivity contribution in [2.75, 3.05) is 20.2 Å². The first-order chi connectivity index (χ1) is 10.5. The fourth-order valence-electron chi connectivity index (χ4n) is 2.43. The molecule has 0 spiro atoms. The number of guanidine groups is 1. The van der Waals surface area contributed by atoms with Crippen LogP contribution in [0, 0.1) is 10.1 Å². The number of nitro groups is 1. The number of benzene rings is 1. The Morgan fingerprint density at radius 1 is 1.50 bits per heavy atom. The smallest absolute Gasteiger partial charge is 0.269 e. The number of aliphatic imine (C=N–C) groups is 1. The van der Waals surface area contributed by atoms with Crippen LogP contribution in [0.3, 0.4) is 0 Å². The van der Waals surface area contributed by atoms with Crippen molar-refractivity contribution in [2.24, 2.45) is 4.99 Å². The van der Waals surface area contributed by atoms with Crippen LogP contribution in [0.5, 0.6) is 0 Å². The molecule has 1 atom stereocenters. The fourth-order valence-corrected chi connectivity index (χ4v) is 2.43. The fraction of sp³-hybridized carbons (Fsp3) is 0.533. The van der Waals surface area contributed by atoms with Gasteiger partial charge in [0.2, 0.25) is 0 Å². The molecule has 0 amide bonds. The lowest BCUT2D eigenvalue weighted by Crippen LogP contribution is -2.45. The number of non-ortho nitro benzene ring substituents is 1. The Bertz CT molecular complexity index is 553. The quantitative estimate of drug-likeness (QED) is 0.375. The average molecular weight is 306 g/mol. The molecule has 1 aliphatic heterocycles. The van der Waals surface area contributed by atoms with Gasteiger partial charge in [-0.05, 0) is 25.3 Å². The predicted molar refractivity (Wildman–Crippen MR) is 84.9 cm³/mol. The molecule has 7 nitrogen and oxygen atoms in total. The Hall–Kier alpha value is -2.15. The third kappa shape index (κ3) is 4.42. The number of hydrogen-bond acceptors (Lipinski definition) is 4. The summed E-state index contributed by atoms with van der Waals surface area (Å²) in [5, 5.41) is 17.2. The summed E-state index contributed by atoms with van der Waals surface area (Å²) >= 11 is 0. The van der Waals surface area contributed by atoms with E-state index in [9.17, 15) is 10.1 Å². The van der Waals surface area contributed by atoms with Crippen LogP contribution in [0.25, 0.3) is 0 Å². The third-order valence-electron chi connectivity index (χ3n) is 3.74. The first-order valence-electron chi connectivity index (χ1n) is 7.34. The Labute approximate surface area is 129 Å². The van der Waals surface area contributed by atoms with Crippen LogP contribution in [-0.4, -0.2) is 36.7 Å². The highest BCUT2D eigenvalue weighted by Crippen LogP contribution is 2.23. The van der Waals surface area contributed by atoms with E-state index in [0.29, 0.717) is 19.0 Å². The molecule has 1 fully saturated rings. The Kier molecular flexibility index (Phi) is 5.32. The van der Waals surface area contributed by atoms with Crippen molar-refractivity contribution in [3.8, 4) is 0 Å². The minimum atomic E-state index is -0.394. The molecule has 2 N–H and O–H groups in total. The second-order valence-corrected chi connectivity index (χ2v) is 5.61. The zero-order valence-corrected chi connectivity index (χ0v) is 13.0. The van der Waals surface area contributed by atoms with Gasteiger partial charge in [-0.2, -0.15) is 0 Å². The lowest BCUT2D eigenvalue weighted by atomic mass is 10.0. The van der Waals surface area contributed by atoms with E-state index in [2.05, 4.69) is 22.5 Å². The number of hydrogen-bond donors (Lipinski definition) is 2. The molecule has 1 unspecified atom stereocenters. The van der Waals surface area contributed by atoms with Gasteiger partial charge in [0.25, 0.3) is 5.69 Å². The van der Waals surface area contributed by atoms with Gasteiger partial charge in [0.15, 0.2) is 5.96 Å². The van der Waals surface area contributed by atoms with Gasteiger partial charge in [-0.25, -0.2) is 0 Å². The molecule has 2 rings (SSSR count). The topological polar surface area (TPSA) is 88.8 Å². The first kappa shape index (κ1) is 16.2. The molecule has 1 heterocycles. The molecule has 0 bridgehead atoms. The summed E-state index contributed by atoms with van der Waals surface area (Å²) in [5.41, 5.74) is 0.776. The zero-order valence-electron chi connectivity index (χ0n) is 13.0. The van der Waals surface area contributed by atoms with E-state index in [4.69, 9.17) is 4.74 Å². The van der Waals surface area contributed by atoms with Gasteiger partial charge in [0, 0.05) is 38.9 Å². The van der Waals surface area contributed by atoms with E-state index in [0.717, 1.165) is 25.0 Å². The molecular weight excluding hydrogens is 284 g/mol. The Morgan fingerprint density at radius 3 is 2.95 bits per heavy atom. The summed E-state index contributed by atoms with van der Waals surface area (Å²) in [6, 6.07) is 6.56. The zero-order chi connectivity index (χ0) is 16.0. The summed E-state index contributed by atoms with van der Waals surface area (Å²) in [6.45, 7) is 4.04. The van der Waals surface area contributed by atoms with E-state index in [1.165, 1.54) is 6.07 Å². The van der Waals surface area contributed by atoms with Crippen molar-refractivity contribution in [1.29, 1.82) is 0 Å². The predicted octanol–water partition coefficient (Wildman–Crippen LogP) is 1.83. The number of rotatable bonds is 5. The highest BCUT2D eigenvalue weighted by Gasteiger charge is 2.29. The van der Waals surface area contributed by atoms with Crippen molar-refractivity contribution in [2.45, 2.75) is 31.9 Å². The molecule has 0 radical (unpaired) electrons. The molecule has 1 saturated heterocycles. The molecule has 0 saturated carbocycles. The summed E-state index contributed by atoms with van der Waals surface area (Å²) in [6.07, 6.45) is 2.11. The molecule has 1 aliphatic rings. The third-order valence-corrected chi connectivity index (χ3v) is 3.74. The highest BCUT2D eigenvalue weighted by molar-refractivity contribution is 5.79. The van der Waals surface area contributed by atoms with Gasteiger partial charge in [0.05, 0.1) is 10.5 Å².